The van der Waals surface area contributed by atoms with Gasteiger partial charge in [-0.15, -0.1) is 0 Å². The number of hydrogen-bond donors (Lipinski definition) is 4. The number of rotatable bonds is 5. The highest BCUT2D eigenvalue weighted by molar-refractivity contribution is 6.02. The normalized spacial score (nSPS) is 11.9. The van der Waals surface area contributed by atoms with Crippen LogP contribution in [0, 0.1) is 0 Å². The number of hydrogen-bond acceptors (Lipinski definition) is 5. The molecule has 0 aliphatic carbocycles. The third-order valence-electron chi connectivity index (χ3n) is 4.38. The lowest BCUT2D eigenvalue weighted by atomic mass is 9.97. The standard InChI is InChI=1S/C21H23N5O/c1-2-10-26-21(27)20(24)19(23)16-7-3-6-15(18(16)22)13-8-9-17-14(12-13)5-4-11-25-17/h3-9,11-12H,2,10,22-24H2,1H3,(H,26,27)/b20-19+. The lowest BCUT2D eigenvalue weighted by molar-refractivity contribution is -0.117. The van der Waals surface area contributed by atoms with E-state index in [-0.39, 0.29) is 11.4 Å². The van der Waals surface area contributed by atoms with E-state index in [0.717, 1.165) is 28.5 Å². The zero-order valence-electron chi connectivity index (χ0n) is 15.2. The average molecular weight is 361 g/mol. The number of nitrogens with one attached hydrogen (secondary N) is 1. The largest absolute Gasteiger partial charge is 0.398 e. The molecule has 138 valence electrons. The second-order valence-corrected chi connectivity index (χ2v) is 6.26. The van der Waals surface area contributed by atoms with Crippen LogP contribution < -0.4 is 22.5 Å². The first-order chi connectivity index (χ1) is 13.0. The van der Waals surface area contributed by atoms with Crippen LogP contribution in [0.5, 0.6) is 0 Å². The Morgan fingerprint density at radius 3 is 2.70 bits per heavy atom. The van der Waals surface area contributed by atoms with Crippen molar-refractivity contribution in [3.63, 3.8) is 0 Å². The maximum absolute atomic E-state index is 12.1. The quantitative estimate of drug-likeness (QED) is 0.411. The fraction of sp³-hybridized carbons (Fsp3) is 0.143. The van der Waals surface area contributed by atoms with Crippen LogP contribution in [0.1, 0.15) is 18.9 Å². The van der Waals surface area contributed by atoms with Gasteiger partial charge in [-0.1, -0.05) is 37.3 Å². The number of nitrogens with two attached hydrogens (primary N) is 3. The molecule has 0 aliphatic rings. The molecule has 7 N–H and O–H groups in total. The molecule has 0 spiro atoms. The molecule has 0 aliphatic heterocycles. The Kier molecular flexibility index (Phi) is 5.26. The van der Waals surface area contributed by atoms with Crippen LogP contribution in [-0.4, -0.2) is 17.4 Å². The van der Waals surface area contributed by atoms with E-state index in [0.29, 0.717) is 17.8 Å². The monoisotopic (exact) mass is 361 g/mol. The van der Waals surface area contributed by atoms with E-state index in [2.05, 4.69) is 10.3 Å². The Morgan fingerprint density at radius 2 is 1.93 bits per heavy atom. The van der Waals surface area contributed by atoms with Crippen molar-refractivity contribution in [1.82, 2.24) is 10.3 Å². The minimum absolute atomic E-state index is 0.0324. The first-order valence-electron chi connectivity index (χ1n) is 8.80. The molecular formula is C21H23N5O. The topological polar surface area (TPSA) is 120 Å². The molecule has 1 aromatic heterocycles. The summed E-state index contributed by atoms with van der Waals surface area (Å²) in [6, 6.07) is 15.3. The Balaban J connectivity index is 2.03. The minimum atomic E-state index is -0.393. The summed E-state index contributed by atoms with van der Waals surface area (Å²) in [5.41, 5.74) is 22.3. The Bertz CT molecular complexity index is 1030. The number of fused-ring (bicyclic) bond motifs is 1. The van der Waals surface area contributed by atoms with E-state index in [1.165, 1.54) is 0 Å². The number of para-hydroxylation sites is 1. The minimum Gasteiger partial charge on any atom is -0.398 e. The zero-order valence-corrected chi connectivity index (χ0v) is 15.2. The van der Waals surface area contributed by atoms with Crippen LogP contribution in [0.2, 0.25) is 0 Å². The van der Waals surface area contributed by atoms with Crippen molar-refractivity contribution in [3.05, 3.63) is 66.0 Å². The van der Waals surface area contributed by atoms with E-state index in [1.54, 1.807) is 12.3 Å². The molecule has 27 heavy (non-hydrogen) atoms. The Labute approximate surface area is 158 Å². The van der Waals surface area contributed by atoms with Crippen LogP contribution >= 0.6 is 0 Å². The second-order valence-electron chi connectivity index (χ2n) is 6.26. The number of amides is 1. The fourth-order valence-corrected chi connectivity index (χ4v) is 2.90. The van der Waals surface area contributed by atoms with Gasteiger partial charge in [-0.25, -0.2) is 0 Å². The van der Waals surface area contributed by atoms with Gasteiger partial charge in [0.15, 0.2) is 0 Å². The highest BCUT2D eigenvalue weighted by Crippen LogP contribution is 2.32. The van der Waals surface area contributed by atoms with Gasteiger partial charge in [-0.3, -0.25) is 9.78 Å². The lowest BCUT2D eigenvalue weighted by Crippen LogP contribution is -2.31. The molecular weight excluding hydrogens is 338 g/mol. The van der Waals surface area contributed by atoms with E-state index >= 15 is 0 Å². The highest BCUT2D eigenvalue weighted by atomic mass is 16.2. The molecule has 3 rings (SSSR count). The van der Waals surface area contributed by atoms with Crippen LogP contribution in [0.15, 0.2) is 60.4 Å². The van der Waals surface area contributed by atoms with Crippen molar-refractivity contribution in [2.45, 2.75) is 13.3 Å². The number of nitrogen functional groups attached to an aromatic ring is 1. The molecule has 1 heterocycles. The van der Waals surface area contributed by atoms with E-state index in [9.17, 15) is 4.79 Å². The number of carbonyl (C=O) groups is 1. The zero-order chi connectivity index (χ0) is 19.4. The molecule has 0 bridgehead atoms. The fourth-order valence-electron chi connectivity index (χ4n) is 2.90. The van der Waals surface area contributed by atoms with Crippen molar-refractivity contribution in [2.75, 3.05) is 12.3 Å². The van der Waals surface area contributed by atoms with Crippen LogP contribution in [0.3, 0.4) is 0 Å². The van der Waals surface area contributed by atoms with E-state index in [4.69, 9.17) is 17.2 Å². The molecule has 6 nitrogen and oxygen atoms in total. The van der Waals surface area contributed by atoms with Crippen molar-refractivity contribution >= 4 is 28.2 Å². The SMILES string of the molecule is CCCNC(=O)/C(N)=C(\N)c1cccc(-c2ccc3ncccc3c2)c1N. The number of carbonyl (C=O) groups excluding carboxylic acids is 1. The lowest BCUT2D eigenvalue weighted by Gasteiger charge is -2.14. The molecule has 3 aromatic rings. The summed E-state index contributed by atoms with van der Waals surface area (Å²) in [5, 5.41) is 3.73. The summed E-state index contributed by atoms with van der Waals surface area (Å²) in [6.45, 7) is 2.50. The molecule has 0 atom stereocenters. The van der Waals surface area contributed by atoms with Crippen LogP contribution in [0.25, 0.3) is 27.7 Å². The molecule has 0 saturated carbocycles. The predicted octanol–water partition coefficient (Wildman–Crippen LogP) is 2.60. The maximum atomic E-state index is 12.1. The molecule has 0 saturated heterocycles. The number of benzene rings is 2. The first-order valence-corrected chi connectivity index (χ1v) is 8.80. The van der Waals surface area contributed by atoms with Crippen molar-refractivity contribution in [1.29, 1.82) is 0 Å². The average Bonchev–Trinajstić information content (AvgIpc) is 2.70. The molecule has 2 aromatic carbocycles. The van der Waals surface area contributed by atoms with Gasteiger partial charge in [-0.2, -0.15) is 0 Å². The van der Waals surface area contributed by atoms with Crippen molar-refractivity contribution in [2.24, 2.45) is 11.5 Å². The smallest absolute Gasteiger partial charge is 0.269 e. The van der Waals surface area contributed by atoms with Gasteiger partial charge in [0.05, 0.1) is 11.2 Å². The number of pyridine rings is 1. The molecule has 1 amide bonds. The Morgan fingerprint density at radius 1 is 1.11 bits per heavy atom. The second kappa shape index (κ2) is 7.78. The molecule has 0 fully saturated rings. The summed E-state index contributed by atoms with van der Waals surface area (Å²) in [6.07, 6.45) is 2.57. The molecule has 6 heteroatoms. The van der Waals surface area contributed by atoms with Gasteiger partial charge in [0, 0.05) is 34.9 Å². The maximum Gasteiger partial charge on any atom is 0.269 e. The highest BCUT2D eigenvalue weighted by Gasteiger charge is 2.15. The molecule has 0 radical (unpaired) electrons. The number of aromatic nitrogens is 1. The van der Waals surface area contributed by atoms with Gasteiger partial charge >= 0.3 is 0 Å². The van der Waals surface area contributed by atoms with Gasteiger partial charge < -0.3 is 22.5 Å². The summed E-state index contributed by atoms with van der Waals surface area (Å²) in [7, 11) is 0. The van der Waals surface area contributed by atoms with Gasteiger partial charge in [0.25, 0.3) is 5.91 Å². The van der Waals surface area contributed by atoms with Gasteiger partial charge in [-0.05, 0) is 30.2 Å². The third kappa shape index (κ3) is 3.69. The Hall–Kier alpha value is -3.54. The summed E-state index contributed by atoms with van der Waals surface area (Å²) in [4.78, 5) is 16.4. The van der Waals surface area contributed by atoms with Crippen LogP contribution in [0.4, 0.5) is 5.69 Å². The van der Waals surface area contributed by atoms with Crippen LogP contribution in [-0.2, 0) is 4.79 Å². The van der Waals surface area contributed by atoms with Crippen molar-refractivity contribution in [3.8, 4) is 11.1 Å². The van der Waals surface area contributed by atoms with E-state index < -0.39 is 5.91 Å². The molecule has 0 unspecified atom stereocenters. The van der Waals surface area contributed by atoms with Gasteiger partial charge in [0.2, 0.25) is 0 Å². The summed E-state index contributed by atoms with van der Waals surface area (Å²) >= 11 is 0. The van der Waals surface area contributed by atoms with Crippen molar-refractivity contribution < 1.29 is 4.79 Å². The number of nitrogens with zero attached hydrogens (tertiary/aromatic N) is 1. The van der Waals surface area contributed by atoms with E-state index in [1.807, 2.05) is 49.4 Å². The number of anilines is 1. The first kappa shape index (κ1) is 18.3. The summed E-state index contributed by atoms with van der Waals surface area (Å²) < 4.78 is 0. The third-order valence-corrected chi connectivity index (χ3v) is 4.38. The predicted molar refractivity (Wildman–Crippen MR) is 110 cm³/mol. The summed E-state index contributed by atoms with van der Waals surface area (Å²) in [5.74, 6) is -0.393. The van der Waals surface area contributed by atoms with Gasteiger partial charge in [0.1, 0.15) is 5.70 Å².